The van der Waals surface area contributed by atoms with Gasteiger partial charge in [0.2, 0.25) is 0 Å². The van der Waals surface area contributed by atoms with Crippen molar-refractivity contribution in [1.29, 1.82) is 0 Å². The van der Waals surface area contributed by atoms with Crippen LogP contribution < -0.4 is 10.6 Å². The molecule has 2 rings (SSSR count). The van der Waals surface area contributed by atoms with Gasteiger partial charge < -0.3 is 20.6 Å². The highest BCUT2D eigenvalue weighted by Gasteiger charge is 2.26. The van der Waals surface area contributed by atoms with Crippen molar-refractivity contribution in [3.63, 3.8) is 0 Å². The molecule has 0 spiro atoms. The summed E-state index contributed by atoms with van der Waals surface area (Å²) in [6, 6.07) is 0.215. The van der Waals surface area contributed by atoms with Crippen LogP contribution in [0.2, 0.25) is 0 Å². The fourth-order valence-corrected chi connectivity index (χ4v) is 2.03. The Bertz CT molecular complexity index is 310. The second kappa shape index (κ2) is 6.15. The van der Waals surface area contributed by atoms with E-state index in [4.69, 9.17) is 0 Å². The molecule has 0 aromatic heterocycles. The largest absolute Gasteiger partial charge is 0.393 e. The Morgan fingerprint density at radius 1 is 1.11 bits per heavy atom. The van der Waals surface area contributed by atoms with Gasteiger partial charge in [-0.15, -0.1) is 0 Å². The van der Waals surface area contributed by atoms with E-state index in [-0.39, 0.29) is 12.1 Å². The van der Waals surface area contributed by atoms with E-state index in [1.807, 2.05) is 0 Å². The van der Waals surface area contributed by atoms with Crippen LogP contribution in [-0.2, 0) is 9.59 Å². The molecule has 0 bridgehead atoms. The normalized spacial score (nSPS) is 21.6. The van der Waals surface area contributed by atoms with Gasteiger partial charge in [0.1, 0.15) is 0 Å². The number of rotatable bonds is 4. The Morgan fingerprint density at radius 2 is 1.78 bits per heavy atom. The average Bonchev–Trinajstić information content (AvgIpc) is 3.15. The van der Waals surface area contributed by atoms with Crippen molar-refractivity contribution in [2.75, 3.05) is 26.2 Å². The van der Waals surface area contributed by atoms with Crippen molar-refractivity contribution < 1.29 is 14.7 Å². The van der Waals surface area contributed by atoms with E-state index in [0.29, 0.717) is 6.54 Å². The second-order valence-electron chi connectivity index (χ2n) is 5.08. The first kappa shape index (κ1) is 13.3. The zero-order valence-corrected chi connectivity index (χ0v) is 10.5. The van der Waals surface area contributed by atoms with E-state index in [9.17, 15) is 14.7 Å². The van der Waals surface area contributed by atoms with Gasteiger partial charge in [-0.05, 0) is 25.7 Å². The maximum absolute atomic E-state index is 11.4. The van der Waals surface area contributed by atoms with Crippen LogP contribution >= 0.6 is 0 Å². The predicted octanol–water partition coefficient (Wildman–Crippen LogP) is -1.16. The average molecular weight is 255 g/mol. The maximum atomic E-state index is 11.4. The summed E-state index contributed by atoms with van der Waals surface area (Å²) in [5.41, 5.74) is 0. The summed E-state index contributed by atoms with van der Waals surface area (Å²) in [6.45, 7) is 2.92. The van der Waals surface area contributed by atoms with Crippen molar-refractivity contribution >= 4 is 11.8 Å². The van der Waals surface area contributed by atoms with E-state index in [2.05, 4.69) is 15.5 Å². The fraction of sp³-hybridized carbons (Fsp3) is 0.833. The molecule has 0 atom stereocenters. The number of piperidine rings is 1. The first-order chi connectivity index (χ1) is 8.65. The molecule has 1 saturated heterocycles. The number of nitrogens with zero attached hydrogens (tertiary/aromatic N) is 1. The van der Waals surface area contributed by atoms with Gasteiger partial charge in [0.25, 0.3) is 0 Å². The van der Waals surface area contributed by atoms with Gasteiger partial charge in [0, 0.05) is 32.2 Å². The molecule has 0 aromatic carbocycles. The third-order valence-corrected chi connectivity index (χ3v) is 3.39. The lowest BCUT2D eigenvalue weighted by atomic mass is 10.1. The van der Waals surface area contributed by atoms with E-state index in [1.54, 1.807) is 0 Å². The van der Waals surface area contributed by atoms with E-state index < -0.39 is 11.8 Å². The number of likely N-dealkylation sites (tertiary alicyclic amines) is 1. The van der Waals surface area contributed by atoms with Crippen LogP contribution in [0.3, 0.4) is 0 Å². The molecule has 2 aliphatic rings. The first-order valence-corrected chi connectivity index (χ1v) is 6.64. The molecule has 6 nitrogen and oxygen atoms in total. The zero-order chi connectivity index (χ0) is 13.0. The van der Waals surface area contributed by atoms with Crippen LogP contribution in [0.4, 0.5) is 0 Å². The lowest BCUT2D eigenvalue weighted by Gasteiger charge is -2.29. The Kier molecular flexibility index (Phi) is 4.54. The van der Waals surface area contributed by atoms with Crippen LogP contribution in [-0.4, -0.2) is 60.1 Å². The number of aliphatic hydroxyl groups excluding tert-OH is 1. The highest BCUT2D eigenvalue weighted by Crippen LogP contribution is 2.18. The first-order valence-electron chi connectivity index (χ1n) is 6.64. The quantitative estimate of drug-likeness (QED) is 0.553. The number of hydrogen-bond acceptors (Lipinski definition) is 4. The molecule has 0 radical (unpaired) electrons. The number of carbonyl (C=O) groups is 2. The van der Waals surface area contributed by atoms with Crippen LogP contribution in [0.5, 0.6) is 0 Å². The lowest BCUT2D eigenvalue weighted by molar-refractivity contribution is -0.139. The Balaban J connectivity index is 1.56. The topological polar surface area (TPSA) is 81.7 Å². The SMILES string of the molecule is O=C(NCCN1CCC(O)CC1)C(=O)NC1CC1. The van der Waals surface area contributed by atoms with E-state index in [1.165, 1.54) is 0 Å². The lowest BCUT2D eigenvalue weighted by Crippen LogP contribution is -2.45. The smallest absolute Gasteiger partial charge is 0.309 e. The predicted molar refractivity (Wildman–Crippen MR) is 65.9 cm³/mol. The fourth-order valence-electron chi connectivity index (χ4n) is 2.03. The summed E-state index contributed by atoms with van der Waals surface area (Å²) in [6.07, 6.45) is 3.36. The van der Waals surface area contributed by atoms with Gasteiger partial charge in [-0.1, -0.05) is 0 Å². The standard InChI is InChI=1S/C12H21N3O3/c16-10-3-6-15(7-4-10)8-5-13-11(17)12(18)14-9-1-2-9/h9-10,16H,1-8H2,(H,13,17)(H,14,18). The molecule has 1 aliphatic heterocycles. The third-order valence-electron chi connectivity index (χ3n) is 3.39. The summed E-state index contributed by atoms with van der Waals surface area (Å²) in [4.78, 5) is 25.0. The minimum absolute atomic E-state index is 0.180. The molecular formula is C12H21N3O3. The summed E-state index contributed by atoms with van der Waals surface area (Å²) in [7, 11) is 0. The van der Waals surface area contributed by atoms with Crippen molar-refractivity contribution in [2.24, 2.45) is 0 Å². The molecule has 0 unspecified atom stereocenters. The summed E-state index contributed by atoms with van der Waals surface area (Å²) in [5.74, 6) is -1.06. The molecule has 0 aromatic rings. The van der Waals surface area contributed by atoms with Gasteiger partial charge in [-0.3, -0.25) is 9.59 Å². The maximum Gasteiger partial charge on any atom is 0.309 e. The Hall–Kier alpha value is -1.14. The van der Waals surface area contributed by atoms with Crippen LogP contribution in [0.25, 0.3) is 0 Å². The monoisotopic (exact) mass is 255 g/mol. The molecule has 3 N–H and O–H groups in total. The van der Waals surface area contributed by atoms with Crippen molar-refractivity contribution in [2.45, 2.75) is 37.8 Å². The van der Waals surface area contributed by atoms with E-state index in [0.717, 1.165) is 45.3 Å². The minimum Gasteiger partial charge on any atom is -0.393 e. The summed E-state index contributed by atoms with van der Waals surface area (Å²) >= 11 is 0. The Labute approximate surface area is 107 Å². The molecule has 102 valence electrons. The van der Waals surface area contributed by atoms with Gasteiger partial charge in [0.05, 0.1) is 6.10 Å². The highest BCUT2D eigenvalue weighted by atomic mass is 16.3. The molecule has 18 heavy (non-hydrogen) atoms. The minimum atomic E-state index is -0.543. The second-order valence-corrected chi connectivity index (χ2v) is 5.08. The number of aliphatic hydroxyl groups is 1. The molecule has 6 heteroatoms. The van der Waals surface area contributed by atoms with Crippen molar-refractivity contribution in [3.8, 4) is 0 Å². The third kappa shape index (κ3) is 4.27. The zero-order valence-electron chi connectivity index (χ0n) is 10.5. The number of carbonyl (C=O) groups excluding carboxylic acids is 2. The van der Waals surface area contributed by atoms with Crippen molar-refractivity contribution in [3.05, 3.63) is 0 Å². The number of hydrogen-bond donors (Lipinski definition) is 3. The van der Waals surface area contributed by atoms with Crippen molar-refractivity contribution in [1.82, 2.24) is 15.5 Å². The summed E-state index contributed by atoms with van der Waals surface area (Å²) in [5, 5.41) is 14.6. The number of amides is 2. The van der Waals surface area contributed by atoms with Gasteiger partial charge in [-0.2, -0.15) is 0 Å². The molecule has 1 saturated carbocycles. The Morgan fingerprint density at radius 3 is 2.39 bits per heavy atom. The molecule has 1 heterocycles. The molecule has 2 amide bonds. The van der Waals surface area contributed by atoms with Crippen LogP contribution in [0, 0.1) is 0 Å². The molecule has 2 fully saturated rings. The number of nitrogens with one attached hydrogen (secondary N) is 2. The molecule has 1 aliphatic carbocycles. The van der Waals surface area contributed by atoms with Crippen LogP contribution in [0.1, 0.15) is 25.7 Å². The molecular weight excluding hydrogens is 234 g/mol. The summed E-state index contributed by atoms with van der Waals surface area (Å²) < 4.78 is 0. The van der Waals surface area contributed by atoms with Gasteiger partial charge in [-0.25, -0.2) is 0 Å². The highest BCUT2D eigenvalue weighted by molar-refractivity contribution is 6.35. The van der Waals surface area contributed by atoms with Gasteiger partial charge in [0.15, 0.2) is 0 Å². The van der Waals surface area contributed by atoms with Crippen LogP contribution in [0.15, 0.2) is 0 Å². The van der Waals surface area contributed by atoms with Gasteiger partial charge >= 0.3 is 11.8 Å². The van der Waals surface area contributed by atoms with E-state index >= 15 is 0 Å².